The zero-order chi connectivity index (χ0) is 18.7. The Morgan fingerprint density at radius 1 is 1.15 bits per heavy atom. The minimum absolute atomic E-state index is 0.0661. The maximum Gasteiger partial charge on any atom is 0.279 e. The number of nitrogens with one attached hydrogen (secondary N) is 1. The Bertz CT molecular complexity index is 684. The highest BCUT2D eigenvalue weighted by molar-refractivity contribution is 7.87. The van der Waals surface area contributed by atoms with E-state index in [1.54, 1.807) is 4.31 Å². The molecule has 2 aliphatic rings. The molecule has 1 N–H and O–H groups in total. The van der Waals surface area contributed by atoms with Crippen molar-refractivity contribution in [3.05, 3.63) is 35.9 Å². The number of rotatable bonds is 7. The summed E-state index contributed by atoms with van der Waals surface area (Å²) in [4.78, 5) is 0. The minimum Gasteiger partial charge on any atom is -0.376 e. The molecule has 1 atom stereocenters. The molecule has 6 heteroatoms. The average Bonchev–Trinajstić information content (AvgIpc) is 3.10. The molecule has 2 saturated heterocycles. The van der Waals surface area contributed by atoms with Crippen molar-refractivity contribution in [2.45, 2.75) is 58.0 Å². The second-order valence-electron chi connectivity index (χ2n) is 8.45. The first-order valence-electron chi connectivity index (χ1n) is 9.73. The van der Waals surface area contributed by atoms with E-state index >= 15 is 0 Å². The standard InChI is InChI=1S/C20H32N2O3S/c1-19(2)17-20(11-15-25-19,16-18-8-4-3-5-9-18)10-12-21-26(23,24)22-13-6-7-14-22/h3-5,8-9,21H,6-7,10-17H2,1-2H3. The van der Waals surface area contributed by atoms with E-state index in [2.05, 4.69) is 42.8 Å². The maximum absolute atomic E-state index is 12.5. The molecule has 0 amide bonds. The number of hydrogen-bond acceptors (Lipinski definition) is 3. The lowest BCUT2D eigenvalue weighted by molar-refractivity contribution is -0.106. The zero-order valence-corrected chi connectivity index (χ0v) is 16.9. The van der Waals surface area contributed by atoms with Gasteiger partial charge in [-0.1, -0.05) is 30.3 Å². The Morgan fingerprint density at radius 2 is 1.85 bits per heavy atom. The zero-order valence-electron chi connectivity index (χ0n) is 16.0. The molecule has 1 aromatic carbocycles. The Balaban J connectivity index is 1.67. The lowest BCUT2D eigenvalue weighted by Gasteiger charge is -2.45. The van der Waals surface area contributed by atoms with Gasteiger partial charge in [0, 0.05) is 26.2 Å². The summed E-state index contributed by atoms with van der Waals surface area (Å²) in [6.07, 6.45) is 5.64. The van der Waals surface area contributed by atoms with Crippen molar-refractivity contribution < 1.29 is 13.2 Å². The normalized spacial score (nSPS) is 26.8. The van der Waals surface area contributed by atoms with E-state index < -0.39 is 10.2 Å². The predicted octanol–water partition coefficient (Wildman–Crippen LogP) is 3.12. The summed E-state index contributed by atoms with van der Waals surface area (Å²) in [6.45, 7) is 6.79. The van der Waals surface area contributed by atoms with E-state index in [0.29, 0.717) is 19.6 Å². The summed E-state index contributed by atoms with van der Waals surface area (Å²) in [7, 11) is -3.34. The fraction of sp³-hybridized carbons (Fsp3) is 0.700. The quantitative estimate of drug-likeness (QED) is 0.791. The summed E-state index contributed by atoms with van der Waals surface area (Å²) in [5.74, 6) is 0. The molecule has 2 aliphatic heterocycles. The molecule has 1 aromatic rings. The molecule has 0 radical (unpaired) electrons. The molecule has 0 saturated carbocycles. The lowest BCUT2D eigenvalue weighted by atomic mass is 9.68. The summed E-state index contributed by atoms with van der Waals surface area (Å²) < 4.78 is 35.3. The van der Waals surface area contributed by atoms with Crippen molar-refractivity contribution in [1.29, 1.82) is 0 Å². The van der Waals surface area contributed by atoms with Crippen molar-refractivity contribution in [3.63, 3.8) is 0 Å². The van der Waals surface area contributed by atoms with Gasteiger partial charge in [0.2, 0.25) is 0 Å². The SMILES string of the molecule is CC1(C)CC(CCNS(=O)(=O)N2CCCC2)(Cc2ccccc2)CCO1. The third-order valence-electron chi connectivity index (χ3n) is 5.69. The molecule has 3 rings (SSSR count). The van der Waals surface area contributed by atoms with Crippen LogP contribution >= 0.6 is 0 Å². The molecule has 0 aromatic heterocycles. The van der Waals surface area contributed by atoms with Crippen LogP contribution in [0.1, 0.15) is 51.5 Å². The molecular weight excluding hydrogens is 348 g/mol. The van der Waals surface area contributed by atoms with Crippen molar-refractivity contribution in [2.24, 2.45) is 5.41 Å². The van der Waals surface area contributed by atoms with E-state index in [1.165, 1.54) is 5.56 Å². The molecule has 0 spiro atoms. The lowest BCUT2D eigenvalue weighted by Crippen LogP contribution is -2.45. The number of hydrogen-bond donors (Lipinski definition) is 1. The highest BCUT2D eigenvalue weighted by Crippen LogP contribution is 2.43. The van der Waals surface area contributed by atoms with Crippen LogP contribution in [-0.4, -0.2) is 44.6 Å². The maximum atomic E-state index is 12.5. The minimum atomic E-state index is -3.34. The van der Waals surface area contributed by atoms with Gasteiger partial charge in [0.25, 0.3) is 10.2 Å². The molecule has 2 fully saturated rings. The van der Waals surface area contributed by atoms with E-state index in [0.717, 1.165) is 45.1 Å². The summed E-state index contributed by atoms with van der Waals surface area (Å²) >= 11 is 0. The van der Waals surface area contributed by atoms with Crippen LogP contribution in [0.5, 0.6) is 0 Å². The van der Waals surface area contributed by atoms with Gasteiger partial charge in [-0.15, -0.1) is 0 Å². The van der Waals surface area contributed by atoms with Crippen molar-refractivity contribution in [2.75, 3.05) is 26.2 Å². The van der Waals surface area contributed by atoms with Gasteiger partial charge < -0.3 is 4.74 Å². The van der Waals surface area contributed by atoms with Crippen LogP contribution in [0.4, 0.5) is 0 Å². The van der Waals surface area contributed by atoms with Gasteiger partial charge in [-0.2, -0.15) is 12.7 Å². The van der Waals surface area contributed by atoms with Crippen LogP contribution in [-0.2, 0) is 21.4 Å². The third-order valence-corrected chi connectivity index (χ3v) is 7.31. The smallest absolute Gasteiger partial charge is 0.279 e. The molecular formula is C20H32N2O3S. The van der Waals surface area contributed by atoms with E-state index in [4.69, 9.17) is 4.74 Å². The van der Waals surface area contributed by atoms with Gasteiger partial charge in [-0.3, -0.25) is 0 Å². The summed E-state index contributed by atoms with van der Waals surface area (Å²) in [5, 5.41) is 0. The molecule has 0 aliphatic carbocycles. The second kappa shape index (κ2) is 7.97. The molecule has 146 valence electrons. The van der Waals surface area contributed by atoms with Gasteiger partial charge in [0.1, 0.15) is 0 Å². The molecule has 0 bridgehead atoms. The van der Waals surface area contributed by atoms with Crippen LogP contribution in [0.25, 0.3) is 0 Å². The molecule has 2 heterocycles. The van der Waals surface area contributed by atoms with Gasteiger partial charge >= 0.3 is 0 Å². The van der Waals surface area contributed by atoms with Crippen molar-refractivity contribution >= 4 is 10.2 Å². The monoisotopic (exact) mass is 380 g/mol. The number of ether oxygens (including phenoxy) is 1. The summed E-state index contributed by atoms with van der Waals surface area (Å²) in [5.41, 5.74) is 1.21. The predicted molar refractivity (Wildman–Crippen MR) is 104 cm³/mol. The number of benzene rings is 1. The Kier molecular flexibility index (Phi) is 6.07. The second-order valence-corrected chi connectivity index (χ2v) is 10.2. The Hall–Kier alpha value is -0.950. The van der Waals surface area contributed by atoms with Gasteiger partial charge in [-0.25, -0.2) is 4.72 Å². The highest BCUT2D eigenvalue weighted by atomic mass is 32.2. The number of nitrogens with zero attached hydrogens (tertiary/aromatic N) is 1. The molecule has 5 nitrogen and oxygen atoms in total. The van der Waals surface area contributed by atoms with E-state index in [1.807, 2.05) is 6.07 Å². The van der Waals surface area contributed by atoms with Crippen molar-refractivity contribution in [3.8, 4) is 0 Å². The fourth-order valence-corrected chi connectivity index (χ4v) is 5.81. The fourth-order valence-electron chi connectivity index (χ4n) is 4.53. The Labute approximate surface area is 158 Å². The largest absolute Gasteiger partial charge is 0.376 e. The van der Waals surface area contributed by atoms with E-state index in [9.17, 15) is 8.42 Å². The average molecular weight is 381 g/mol. The van der Waals surface area contributed by atoms with Crippen LogP contribution < -0.4 is 4.72 Å². The Morgan fingerprint density at radius 3 is 2.50 bits per heavy atom. The van der Waals surface area contributed by atoms with Gasteiger partial charge in [0.05, 0.1) is 5.60 Å². The summed E-state index contributed by atoms with van der Waals surface area (Å²) in [6, 6.07) is 10.5. The third kappa shape index (κ3) is 5.06. The van der Waals surface area contributed by atoms with Crippen LogP contribution in [0.15, 0.2) is 30.3 Å². The molecule has 1 unspecified atom stereocenters. The molecule has 26 heavy (non-hydrogen) atoms. The topological polar surface area (TPSA) is 58.6 Å². The first-order valence-corrected chi connectivity index (χ1v) is 11.2. The highest BCUT2D eigenvalue weighted by Gasteiger charge is 2.40. The van der Waals surface area contributed by atoms with Gasteiger partial charge in [0.15, 0.2) is 0 Å². The van der Waals surface area contributed by atoms with Crippen LogP contribution in [0.3, 0.4) is 0 Å². The first kappa shape index (κ1) is 19.8. The van der Waals surface area contributed by atoms with Crippen LogP contribution in [0, 0.1) is 5.41 Å². The van der Waals surface area contributed by atoms with Crippen molar-refractivity contribution in [1.82, 2.24) is 9.03 Å². The van der Waals surface area contributed by atoms with Crippen LogP contribution in [0.2, 0.25) is 0 Å². The van der Waals surface area contributed by atoms with Gasteiger partial charge in [-0.05, 0) is 63.4 Å². The first-order chi connectivity index (χ1) is 12.3. The van der Waals surface area contributed by atoms with E-state index in [-0.39, 0.29) is 11.0 Å².